The van der Waals surface area contributed by atoms with Gasteiger partial charge in [0.1, 0.15) is 11.5 Å². The molecule has 0 radical (unpaired) electrons. The average Bonchev–Trinajstić information content (AvgIpc) is 3.06. The van der Waals surface area contributed by atoms with Crippen molar-refractivity contribution < 1.29 is 24.2 Å². The van der Waals surface area contributed by atoms with Crippen molar-refractivity contribution >= 4 is 29.1 Å². The second-order valence-electron chi connectivity index (χ2n) is 8.47. The van der Waals surface area contributed by atoms with Crippen LogP contribution in [0.4, 0.5) is 5.69 Å². The van der Waals surface area contributed by atoms with Crippen molar-refractivity contribution in [2.75, 3.05) is 4.90 Å². The summed E-state index contributed by atoms with van der Waals surface area (Å²) in [5.74, 6) is -1.82. The molecule has 1 N–H and O–H groups in total. The SMILES string of the molecule is CC(=O)Oc1ccc(C2/C(=C(\O)c3ccc(C)cc3)C(=O)C(=O)N2c2ccc(C)c(C)c2)cc1. The van der Waals surface area contributed by atoms with Crippen molar-refractivity contribution in [1.82, 2.24) is 0 Å². The maximum Gasteiger partial charge on any atom is 0.308 e. The van der Waals surface area contributed by atoms with E-state index in [0.29, 0.717) is 22.6 Å². The highest BCUT2D eigenvalue weighted by molar-refractivity contribution is 6.51. The number of Topliss-reactive ketones (excluding diaryl/α,β-unsaturated/α-hetero) is 1. The first-order valence-corrected chi connectivity index (χ1v) is 10.9. The molecule has 0 spiro atoms. The Morgan fingerprint density at radius 3 is 2.12 bits per heavy atom. The van der Waals surface area contributed by atoms with E-state index in [0.717, 1.165) is 16.7 Å². The van der Waals surface area contributed by atoms with Gasteiger partial charge in [-0.15, -0.1) is 0 Å². The molecule has 6 heteroatoms. The lowest BCUT2D eigenvalue weighted by Gasteiger charge is -2.26. The molecular formula is C28H25NO5. The minimum Gasteiger partial charge on any atom is -0.507 e. The second-order valence-corrected chi connectivity index (χ2v) is 8.47. The zero-order chi connectivity index (χ0) is 24.6. The van der Waals surface area contributed by atoms with Crippen molar-refractivity contribution in [3.63, 3.8) is 0 Å². The molecule has 0 aliphatic carbocycles. The summed E-state index contributed by atoms with van der Waals surface area (Å²) in [5.41, 5.74) is 4.65. The molecule has 1 unspecified atom stereocenters. The lowest BCUT2D eigenvalue weighted by Crippen LogP contribution is -2.29. The van der Waals surface area contributed by atoms with E-state index in [1.54, 1.807) is 42.5 Å². The number of ketones is 1. The van der Waals surface area contributed by atoms with Crippen LogP contribution in [0.2, 0.25) is 0 Å². The van der Waals surface area contributed by atoms with Crippen molar-refractivity contribution in [1.29, 1.82) is 0 Å². The van der Waals surface area contributed by atoms with Gasteiger partial charge >= 0.3 is 5.97 Å². The van der Waals surface area contributed by atoms with Gasteiger partial charge in [-0.1, -0.05) is 48.0 Å². The minimum atomic E-state index is -0.852. The summed E-state index contributed by atoms with van der Waals surface area (Å²) in [4.78, 5) is 39.2. The largest absolute Gasteiger partial charge is 0.507 e. The number of aliphatic hydroxyl groups is 1. The number of benzene rings is 3. The number of anilines is 1. The Labute approximate surface area is 198 Å². The number of esters is 1. The van der Waals surface area contributed by atoms with Gasteiger partial charge in [0.2, 0.25) is 0 Å². The first kappa shape index (κ1) is 23.0. The minimum absolute atomic E-state index is 0.00678. The smallest absolute Gasteiger partial charge is 0.308 e. The zero-order valence-electron chi connectivity index (χ0n) is 19.5. The molecule has 0 aromatic heterocycles. The lowest BCUT2D eigenvalue weighted by atomic mass is 9.94. The lowest BCUT2D eigenvalue weighted by molar-refractivity contribution is -0.132. The van der Waals surface area contributed by atoms with E-state index in [-0.39, 0.29) is 11.3 Å². The molecule has 1 aliphatic rings. The molecule has 1 fully saturated rings. The number of carbonyl (C=O) groups is 3. The number of amides is 1. The predicted molar refractivity (Wildman–Crippen MR) is 130 cm³/mol. The summed E-state index contributed by atoms with van der Waals surface area (Å²) in [7, 11) is 0. The number of ether oxygens (including phenoxy) is 1. The Morgan fingerprint density at radius 1 is 0.882 bits per heavy atom. The van der Waals surface area contributed by atoms with Gasteiger partial charge < -0.3 is 9.84 Å². The first-order chi connectivity index (χ1) is 16.2. The Hall–Kier alpha value is -4.19. The van der Waals surface area contributed by atoms with E-state index in [2.05, 4.69) is 0 Å². The molecular weight excluding hydrogens is 430 g/mol. The summed E-state index contributed by atoms with van der Waals surface area (Å²) in [6.45, 7) is 7.14. The summed E-state index contributed by atoms with van der Waals surface area (Å²) in [6, 6.07) is 18.4. The third kappa shape index (κ3) is 4.22. The molecule has 4 rings (SSSR count). The molecule has 0 bridgehead atoms. The van der Waals surface area contributed by atoms with Gasteiger partial charge in [0, 0.05) is 18.2 Å². The topological polar surface area (TPSA) is 83.9 Å². The van der Waals surface area contributed by atoms with Gasteiger partial charge in [0.05, 0.1) is 11.6 Å². The monoisotopic (exact) mass is 455 g/mol. The molecule has 1 aliphatic heterocycles. The fourth-order valence-corrected chi connectivity index (χ4v) is 4.04. The molecule has 3 aromatic rings. The van der Waals surface area contributed by atoms with E-state index in [9.17, 15) is 19.5 Å². The Kier molecular flexibility index (Phi) is 6.07. The maximum absolute atomic E-state index is 13.3. The van der Waals surface area contributed by atoms with Crippen LogP contribution in [0.5, 0.6) is 5.75 Å². The van der Waals surface area contributed by atoms with Crippen LogP contribution < -0.4 is 9.64 Å². The van der Waals surface area contributed by atoms with Crippen LogP contribution in [-0.2, 0) is 14.4 Å². The van der Waals surface area contributed by atoms with E-state index < -0.39 is 23.7 Å². The number of nitrogens with zero attached hydrogens (tertiary/aromatic N) is 1. The van der Waals surface area contributed by atoms with E-state index in [1.807, 2.05) is 45.0 Å². The van der Waals surface area contributed by atoms with Crippen molar-refractivity contribution in [2.45, 2.75) is 33.7 Å². The third-order valence-electron chi connectivity index (χ3n) is 6.00. The van der Waals surface area contributed by atoms with E-state index >= 15 is 0 Å². The van der Waals surface area contributed by atoms with Crippen LogP contribution in [0.3, 0.4) is 0 Å². The normalized spacial score (nSPS) is 17.2. The molecule has 6 nitrogen and oxygen atoms in total. The van der Waals surface area contributed by atoms with Gasteiger partial charge in [-0.3, -0.25) is 19.3 Å². The highest BCUT2D eigenvalue weighted by Crippen LogP contribution is 2.42. The number of hydrogen-bond acceptors (Lipinski definition) is 5. The number of carbonyl (C=O) groups excluding carboxylic acids is 3. The van der Waals surface area contributed by atoms with Crippen molar-refractivity contribution in [3.05, 3.63) is 100 Å². The first-order valence-electron chi connectivity index (χ1n) is 10.9. The Morgan fingerprint density at radius 2 is 1.53 bits per heavy atom. The second kappa shape index (κ2) is 8.98. The highest BCUT2D eigenvalue weighted by Gasteiger charge is 2.47. The molecule has 1 atom stereocenters. The summed E-state index contributed by atoms with van der Waals surface area (Å²) < 4.78 is 5.12. The van der Waals surface area contributed by atoms with E-state index in [4.69, 9.17) is 4.74 Å². The Bertz CT molecular complexity index is 1320. The average molecular weight is 456 g/mol. The van der Waals surface area contributed by atoms with E-state index in [1.165, 1.54) is 11.8 Å². The standard InChI is InChI=1S/C28H25NO5/c1-16-5-8-21(9-6-16)26(31)24-25(20-10-13-23(14-11-20)34-19(4)30)29(28(33)27(24)32)22-12-7-17(2)18(3)15-22/h5-15,25,31H,1-4H3/b26-24+. The van der Waals surface area contributed by atoms with Crippen LogP contribution in [0, 0.1) is 20.8 Å². The van der Waals surface area contributed by atoms with Crippen LogP contribution in [0.25, 0.3) is 5.76 Å². The third-order valence-corrected chi connectivity index (χ3v) is 6.00. The molecule has 1 amide bonds. The summed E-state index contributed by atoms with van der Waals surface area (Å²) >= 11 is 0. The highest BCUT2D eigenvalue weighted by atomic mass is 16.5. The quantitative estimate of drug-likeness (QED) is 0.193. The molecule has 34 heavy (non-hydrogen) atoms. The molecule has 0 saturated carbocycles. The van der Waals surface area contributed by atoms with Gasteiger partial charge in [-0.2, -0.15) is 0 Å². The summed E-state index contributed by atoms with van der Waals surface area (Å²) in [6.07, 6.45) is 0. The predicted octanol–water partition coefficient (Wildman–Crippen LogP) is 5.16. The maximum atomic E-state index is 13.3. The van der Waals surface area contributed by atoms with Gasteiger partial charge in [0.15, 0.2) is 0 Å². The van der Waals surface area contributed by atoms with Gasteiger partial charge in [0.25, 0.3) is 11.7 Å². The van der Waals surface area contributed by atoms with Gasteiger partial charge in [-0.05, 0) is 61.7 Å². The number of aliphatic hydroxyl groups excluding tert-OH is 1. The molecule has 1 heterocycles. The van der Waals surface area contributed by atoms with Crippen LogP contribution in [0.1, 0.15) is 40.8 Å². The van der Waals surface area contributed by atoms with Gasteiger partial charge in [-0.25, -0.2) is 0 Å². The number of hydrogen-bond donors (Lipinski definition) is 1. The zero-order valence-corrected chi connectivity index (χ0v) is 19.5. The fraction of sp³-hybridized carbons (Fsp3) is 0.179. The van der Waals surface area contributed by atoms with Crippen molar-refractivity contribution in [3.8, 4) is 5.75 Å². The Balaban J connectivity index is 1.90. The molecule has 3 aromatic carbocycles. The molecule has 172 valence electrons. The fourth-order valence-electron chi connectivity index (χ4n) is 4.04. The van der Waals surface area contributed by atoms with Crippen molar-refractivity contribution in [2.24, 2.45) is 0 Å². The van der Waals surface area contributed by atoms with Crippen LogP contribution >= 0.6 is 0 Å². The van der Waals surface area contributed by atoms with Crippen LogP contribution in [0.15, 0.2) is 72.3 Å². The number of aryl methyl sites for hydroxylation is 3. The molecule has 1 saturated heterocycles. The summed E-state index contributed by atoms with van der Waals surface area (Å²) in [5, 5.41) is 11.2. The number of rotatable bonds is 4. The van der Waals surface area contributed by atoms with Crippen LogP contribution in [-0.4, -0.2) is 22.8 Å².